The molecule has 140 valence electrons. The van der Waals surface area contributed by atoms with Crippen molar-refractivity contribution in [3.63, 3.8) is 0 Å². The Morgan fingerprint density at radius 1 is 1.04 bits per heavy atom. The van der Waals surface area contributed by atoms with Crippen molar-refractivity contribution >= 4 is 21.6 Å². The van der Waals surface area contributed by atoms with Crippen LogP contribution in [0.15, 0.2) is 48.5 Å². The third-order valence-corrected chi connectivity index (χ3v) is 5.22. The smallest absolute Gasteiger partial charge is 0.224 e. The van der Waals surface area contributed by atoms with Crippen molar-refractivity contribution < 1.29 is 13.2 Å². The first-order valence-corrected chi connectivity index (χ1v) is 10.1. The highest BCUT2D eigenvalue weighted by Gasteiger charge is 2.15. The normalized spacial score (nSPS) is 11.5. The molecule has 0 bridgehead atoms. The Kier molecular flexibility index (Phi) is 6.76. The van der Waals surface area contributed by atoms with Crippen LogP contribution in [0.3, 0.4) is 0 Å². The van der Waals surface area contributed by atoms with Crippen molar-refractivity contribution in [3.8, 4) is 0 Å². The summed E-state index contributed by atoms with van der Waals surface area (Å²) in [4.78, 5) is 12.1. The second-order valence-electron chi connectivity index (χ2n) is 6.50. The van der Waals surface area contributed by atoms with Crippen LogP contribution < -0.4 is 15.8 Å². The fourth-order valence-electron chi connectivity index (χ4n) is 2.55. The number of amides is 1. The van der Waals surface area contributed by atoms with Gasteiger partial charge in [0.05, 0.1) is 12.2 Å². The lowest BCUT2D eigenvalue weighted by molar-refractivity contribution is -0.120. The molecule has 0 atom stereocenters. The topological polar surface area (TPSA) is 101 Å². The van der Waals surface area contributed by atoms with Crippen LogP contribution in [0.4, 0.5) is 5.69 Å². The van der Waals surface area contributed by atoms with Gasteiger partial charge < -0.3 is 11.1 Å². The molecule has 4 N–H and O–H groups in total. The molecule has 1 amide bonds. The van der Waals surface area contributed by atoms with Crippen LogP contribution in [0, 0.1) is 0 Å². The maximum atomic E-state index is 12.2. The summed E-state index contributed by atoms with van der Waals surface area (Å²) in [6.07, 6.45) is 0.246. The Labute approximate surface area is 154 Å². The highest BCUT2D eigenvalue weighted by Crippen LogP contribution is 2.13. The number of nitrogens with two attached hydrogens (primary N) is 1. The number of hydrogen-bond donors (Lipinski definition) is 3. The van der Waals surface area contributed by atoms with Crippen molar-refractivity contribution in [2.75, 3.05) is 5.73 Å². The maximum Gasteiger partial charge on any atom is 0.224 e. The van der Waals surface area contributed by atoms with E-state index in [2.05, 4.69) is 10.0 Å². The minimum atomic E-state index is -3.42. The summed E-state index contributed by atoms with van der Waals surface area (Å²) >= 11 is 0. The van der Waals surface area contributed by atoms with Gasteiger partial charge in [-0.15, -0.1) is 0 Å². The Morgan fingerprint density at radius 3 is 2.27 bits per heavy atom. The third-order valence-electron chi connectivity index (χ3n) is 3.70. The number of carbonyl (C=O) groups is 1. The van der Waals surface area contributed by atoms with E-state index in [0.29, 0.717) is 11.3 Å². The monoisotopic (exact) mass is 375 g/mol. The molecule has 6 nitrogen and oxygen atoms in total. The Bertz CT molecular complexity index is 847. The third kappa shape index (κ3) is 6.50. The van der Waals surface area contributed by atoms with Crippen molar-refractivity contribution in [1.29, 1.82) is 0 Å². The van der Waals surface area contributed by atoms with E-state index in [1.54, 1.807) is 38.1 Å². The first kappa shape index (κ1) is 19.9. The number of nitrogen functional groups attached to an aromatic ring is 1. The molecular formula is C19H25N3O3S. The van der Waals surface area contributed by atoms with E-state index in [1.165, 1.54) is 0 Å². The quantitative estimate of drug-likeness (QED) is 0.614. The minimum absolute atomic E-state index is 0.116. The van der Waals surface area contributed by atoms with E-state index in [9.17, 15) is 13.2 Å². The highest BCUT2D eigenvalue weighted by atomic mass is 32.2. The average Bonchev–Trinajstić information content (AvgIpc) is 2.54. The standard InChI is InChI=1S/C19H25N3O3S/c1-14(2)22-26(24,25)13-17-6-4-3-5-16(17)12-21-19(23)11-15-7-9-18(20)10-8-15/h3-10,14,22H,11-13,20H2,1-2H3,(H,21,23). The number of rotatable bonds is 8. The van der Waals surface area contributed by atoms with Crippen molar-refractivity contribution in [2.24, 2.45) is 0 Å². The predicted octanol–water partition coefficient (Wildman–Crippen LogP) is 1.96. The zero-order valence-electron chi connectivity index (χ0n) is 15.0. The molecule has 0 radical (unpaired) electrons. The molecule has 26 heavy (non-hydrogen) atoms. The molecule has 0 saturated heterocycles. The van der Waals surface area contributed by atoms with Gasteiger partial charge in [0.25, 0.3) is 0 Å². The van der Waals surface area contributed by atoms with Gasteiger partial charge in [-0.25, -0.2) is 13.1 Å². The largest absolute Gasteiger partial charge is 0.399 e. The number of sulfonamides is 1. The molecular weight excluding hydrogens is 350 g/mol. The van der Waals surface area contributed by atoms with Crippen molar-refractivity contribution in [3.05, 3.63) is 65.2 Å². The van der Waals surface area contributed by atoms with Gasteiger partial charge in [-0.1, -0.05) is 36.4 Å². The molecule has 0 aliphatic heterocycles. The van der Waals surface area contributed by atoms with Gasteiger partial charge in [-0.3, -0.25) is 4.79 Å². The van der Waals surface area contributed by atoms with Crippen molar-refractivity contribution in [1.82, 2.24) is 10.0 Å². The first-order chi connectivity index (χ1) is 12.2. The Morgan fingerprint density at radius 2 is 1.65 bits per heavy atom. The van der Waals surface area contributed by atoms with Gasteiger partial charge in [0.2, 0.25) is 15.9 Å². The zero-order valence-corrected chi connectivity index (χ0v) is 15.8. The molecule has 0 heterocycles. The lowest BCUT2D eigenvalue weighted by Crippen LogP contribution is -2.32. The molecule has 0 fully saturated rings. The van der Waals surface area contributed by atoms with Crippen LogP contribution in [-0.4, -0.2) is 20.4 Å². The molecule has 7 heteroatoms. The van der Waals surface area contributed by atoms with Crippen molar-refractivity contribution in [2.45, 2.75) is 38.6 Å². The fourth-order valence-corrected chi connectivity index (χ4v) is 4.05. The zero-order chi connectivity index (χ0) is 19.2. The molecule has 2 aromatic carbocycles. The summed E-state index contributed by atoms with van der Waals surface area (Å²) in [6.45, 7) is 3.84. The second kappa shape index (κ2) is 8.82. The Hall–Kier alpha value is -2.38. The van der Waals surface area contributed by atoms with Gasteiger partial charge in [-0.2, -0.15) is 0 Å². The van der Waals surface area contributed by atoms with Crippen LogP contribution in [0.25, 0.3) is 0 Å². The van der Waals surface area contributed by atoms with Gasteiger partial charge in [0.15, 0.2) is 0 Å². The van der Waals surface area contributed by atoms with Gasteiger partial charge in [0.1, 0.15) is 0 Å². The van der Waals surface area contributed by atoms with E-state index in [0.717, 1.165) is 11.1 Å². The summed E-state index contributed by atoms with van der Waals surface area (Å²) in [5.74, 6) is -0.248. The summed E-state index contributed by atoms with van der Waals surface area (Å²) in [5.41, 5.74) is 8.61. The van der Waals surface area contributed by atoms with Crippen LogP contribution >= 0.6 is 0 Å². The number of carbonyl (C=O) groups excluding carboxylic acids is 1. The molecule has 2 rings (SSSR count). The van der Waals surface area contributed by atoms with E-state index < -0.39 is 10.0 Å². The van der Waals surface area contributed by atoms with E-state index in [-0.39, 0.29) is 30.7 Å². The number of nitrogens with one attached hydrogen (secondary N) is 2. The van der Waals surface area contributed by atoms with E-state index in [4.69, 9.17) is 5.73 Å². The molecule has 0 aliphatic carbocycles. The van der Waals surface area contributed by atoms with Crippen LogP contribution in [-0.2, 0) is 33.5 Å². The molecule has 0 aliphatic rings. The minimum Gasteiger partial charge on any atom is -0.399 e. The number of benzene rings is 2. The van der Waals surface area contributed by atoms with Gasteiger partial charge in [-0.05, 0) is 42.7 Å². The van der Waals surface area contributed by atoms with E-state index in [1.807, 2.05) is 24.3 Å². The maximum absolute atomic E-state index is 12.2. The number of hydrogen-bond acceptors (Lipinski definition) is 4. The second-order valence-corrected chi connectivity index (χ2v) is 8.25. The fraction of sp³-hybridized carbons (Fsp3) is 0.316. The molecule has 0 aromatic heterocycles. The Balaban J connectivity index is 1.99. The van der Waals surface area contributed by atoms with Crippen LogP contribution in [0.5, 0.6) is 0 Å². The lowest BCUT2D eigenvalue weighted by Gasteiger charge is -2.13. The molecule has 2 aromatic rings. The number of anilines is 1. The molecule has 0 spiro atoms. The SMILES string of the molecule is CC(C)NS(=O)(=O)Cc1ccccc1CNC(=O)Cc1ccc(N)cc1. The summed E-state index contributed by atoms with van der Waals surface area (Å²) in [7, 11) is -3.42. The summed E-state index contributed by atoms with van der Waals surface area (Å²) in [5, 5.41) is 2.84. The highest BCUT2D eigenvalue weighted by molar-refractivity contribution is 7.88. The predicted molar refractivity (Wildman–Crippen MR) is 104 cm³/mol. The van der Waals surface area contributed by atoms with Crippen LogP contribution in [0.2, 0.25) is 0 Å². The van der Waals surface area contributed by atoms with Gasteiger partial charge >= 0.3 is 0 Å². The molecule has 0 saturated carbocycles. The summed E-state index contributed by atoms with van der Waals surface area (Å²) < 4.78 is 26.9. The van der Waals surface area contributed by atoms with E-state index >= 15 is 0 Å². The van der Waals surface area contributed by atoms with Gasteiger partial charge in [0, 0.05) is 18.3 Å². The summed E-state index contributed by atoms with van der Waals surface area (Å²) in [6, 6.07) is 14.2. The van der Waals surface area contributed by atoms with Crippen LogP contribution in [0.1, 0.15) is 30.5 Å². The average molecular weight is 375 g/mol. The first-order valence-electron chi connectivity index (χ1n) is 8.43. The molecule has 0 unspecified atom stereocenters. The lowest BCUT2D eigenvalue weighted by atomic mass is 10.1.